The van der Waals surface area contributed by atoms with Crippen molar-refractivity contribution in [3.63, 3.8) is 0 Å². The summed E-state index contributed by atoms with van der Waals surface area (Å²) in [5.74, 6) is 1.65. The van der Waals surface area contributed by atoms with Crippen LogP contribution >= 0.6 is 11.6 Å². The lowest BCUT2D eigenvalue weighted by atomic mass is 10.1. The molecule has 1 aromatic carbocycles. The van der Waals surface area contributed by atoms with Gasteiger partial charge in [-0.1, -0.05) is 29.8 Å². The summed E-state index contributed by atoms with van der Waals surface area (Å²) in [6.45, 7) is 0. The van der Waals surface area contributed by atoms with E-state index in [9.17, 15) is 0 Å². The molecule has 0 radical (unpaired) electrons. The minimum atomic E-state index is 0.474. The van der Waals surface area contributed by atoms with Gasteiger partial charge in [0.05, 0.1) is 7.11 Å². The van der Waals surface area contributed by atoms with Gasteiger partial charge in [0.15, 0.2) is 0 Å². The average Bonchev–Trinajstić information content (AvgIpc) is 2.38. The maximum absolute atomic E-state index is 6.06. The van der Waals surface area contributed by atoms with Crippen molar-refractivity contribution in [2.75, 3.05) is 26.1 Å². The molecule has 18 heavy (non-hydrogen) atoms. The molecule has 1 aromatic heterocycles. The molecule has 4 heteroatoms. The van der Waals surface area contributed by atoms with Gasteiger partial charge in [0.1, 0.15) is 16.7 Å². The zero-order valence-electron chi connectivity index (χ0n) is 10.6. The van der Waals surface area contributed by atoms with Crippen LogP contribution < -0.4 is 9.64 Å². The quantitative estimate of drug-likeness (QED) is 0.792. The molecule has 0 fully saturated rings. The summed E-state index contributed by atoms with van der Waals surface area (Å²) in [6, 6.07) is 11.7. The molecule has 94 valence electrons. The number of para-hydroxylation sites is 1. The first-order chi connectivity index (χ1) is 8.61. The molecule has 0 saturated carbocycles. The molecule has 0 aliphatic carbocycles. The van der Waals surface area contributed by atoms with Crippen molar-refractivity contribution in [1.29, 1.82) is 0 Å². The van der Waals surface area contributed by atoms with Gasteiger partial charge in [0.2, 0.25) is 0 Å². The minimum Gasteiger partial charge on any atom is -0.496 e. The van der Waals surface area contributed by atoms with Crippen molar-refractivity contribution in [2.45, 2.75) is 0 Å². The van der Waals surface area contributed by atoms with E-state index in [0.29, 0.717) is 5.15 Å². The molecular weight excluding hydrogens is 248 g/mol. The highest BCUT2D eigenvalue weighted by molar-refractivity contribution is 6.29. The molecular formula is C14H15ClN2O. The van der Waals surface area contributed by atoms with Crippen LogP contribution in [0.2, 0.25) is 5.15 Å². The summed E-state index contributed by atoms with van der Waals surface area (Å²) in [6.07, 6.45) is 0. The topological polar surface area (TPSA) is 25.4 Å². The maximum atomic E-state index is 6.06. The summed E-state index contributed by atoms with van der Waals surface area (Å²) < 4.78 is 5.36. The normalized spacial score (nSPS) is 10.2. The molecule has 0 spiro atoms. The van der Waals surface area contributed by atoms with Gasteiger partial charge < -0.3 is 9.64 Å². The number of hydrogen-bond donors (Lipinski definition) is 0. The third-order valence-corrected chi connectivity index (χ3v) is 2.85. The number of hydrogen-bond acceptors (Lipinski definition) is 3. The van der Waals surface area contributed by atoms with Crippen LogP contribution in [0.15, 0.2) is 36.4 Å². The fourth-order valence-corrected chi connectivity index (χ4v) is 1.95. The summed E-state index contributed by atoms with van der Waals surface area (Å²) in [7, 11) is 5.53. The molecule has 0 saturated heterocycles. The molecule has 0 aliphatic heterocycles. The Balaban J connectivity index is 2.56. The minimum absolute atomic E-state index is 0.474. The molecule has 1 heterocycles. The van der Waals surface area contributed by atoms with Crippen molar-refractivity contribution in [3.05, 3.63) is 41.6 Å². The molecule has 0 amide bonds. The number of pyridine rings is 1. The van der Waals surface area contributed by atoms with Gasteiger partial charge >= 0.3 is 0 Å². The Morgan fingerprint density at radius 3 is 2.56 bits per heavy atom. The molecule has 2 rings (SSSR count). The second kappa shape index (κ2) is 5.27. The fourth-order valence-electron chi connectivity index (χ4n) is 1.75. The SMILES string of the molecule is COc1ccccc1-c1cc(Cl)nc(N(C)C)c1. The van der Waals surface area contributed by atoms with Crippen LogP contribution in [-0.2, 0) is 0 Å². The molecule has 2 aromatic rings. The van der Waals surface area contributed by atoms with Gasteiger partial charge in [-0.15, -0.1) is 0 Å². The van der Waals surface area contributed by atoms with E-state index in [1.807, 2.05) is 55.4 Å². The third kappa shape index (κ3) is 2.57. The number of methoxy groups -OCH3 is 1. The van der Waals surface area contributed by atoms with E-state index in [1.54, 1.807) is 7.11 Å². The number of ether oxygens (including phenoxy) is 1. The Labute approximate surface area is 112 Å². The van der Waals surface area contributed by atoms with E-state index in [1.165, 1.54) is 0 Å². The van der Waals surface area contributed by atoms with Crippen molar-refractivity contribution >= 4 is 17.4 Å². The summed E-state index contributed by atoms with van der Waals surface area (Å²) >= 11 is 6.06. The number of nitrogens with zero attached hydrogens (tertiary/aromatic N) is 2. The number of aromatic nitrogens is 1. The van der Waals surface area contributed by atoms with Gasteiger partial charge in [-0.3, -0.25) is 0 Å². The zero-order valence-corrected chi connectivity index (χ0v) is 11.4. The Hall–Kier alpha value is -1.74. The van der Waals surface area contributed by atoms with Crippen LogP contribution in [0.5, 0.6) is 5.75 Å². The van der Waals surface area contributed by atoms with Gasteiger partial charge in [0, 0.05) is 19.7 Å². The standard InChI is InChI=1S/C14H15ClN2O/c1-17(2)14-9-10(8-13(15)16-14)11-6-4-5-7-12(11)18-3/h4-9H,1-3H3. The van der Waals surface area contributed by atoms with Crippen LogP contribution in [0, 0.1) is 0 Å². The van der Waals surface area contributed by atoms with E-state index in [4.69, 9.17) is 16.3 Å². The Morgan fingerprint density at radius 1 is 1.17 bits per heavy atom. The van der Waals surface area contributed by atoms with Crippen LogP contribution in [0.3, 0.4) is 0 Å². The van der Waals surface area contributed by atoms with Crippen LogP contribution in [0.25, 0.3) is 11.1 Å². The van der Waals surface area contributed by atoms with E-state index >= 15 is 0 Å². The number of benzene rings is 1. The lowest BCUT2D eigenvalue weighted by Gasteiger charge is -2.14. The number of rotatable bonds is 3. The Bertz CT molecular complexity index is 555. The first-order valence-electron chi connectivity index (χ1n) is 5.60. The smallest absolute Gasteiger partial charge is 0.132 e. The lowest BCUT2D eigenvalue weighted by molar-refractivity contribution is 0.416. The van der Waals surface area contributed by atoms with E-state index in [0.717, 1.165) is 22.7 Å². The highest BCUT2D eigenvalue weighted by Crippen LogP contribution is 2.32. The second-order valence-corrected chi connectivity index (χ2v) is 4.52. The third-order valence-electron chi connectivity index (χ3n) is 2.66. The highest BCUT2D eigenvalue weighted by Gasteiger charge is 2.09. The molecule has 0 atom stereocenters. The van der Waals surface area contributed by atoms with Gasteiger partial charge in [-0.2, -0.15) is 0 Å². The Morgan fingerprint density at radius 2 is 1.89 bits per heavy atom. The zero-order chi connectivity index (χ0) is 13.1. The first-order valence-corrected chi connectivity index (χ1v) is 5.98. The number of halogens is 1. The van der Waals surface area contributed by atoms with Crippen molar-refractivity contribution in [2.24, 2.45) is 0 Å². The van der Waals surface area contributed by atoms with Crippen LogP contribution in [0.1, 0.15) is 0 Å². The largest absolute Gasteiger partial charge is 0.496 e. The van der Waals surface area contributed by atoms with E-state index in [-0.39, 0.29) is 0 Å². The monoisotopic (exact) mass is 262 g/mol. The summed E-state index contributed by atoms with van der Waals surface area (Å²) in [5.41, 5.74) is 2.00. The van der Waals surface area contributed by atoms with E-state index < -0.39 is 0 Å². The maximum Gasteiger partial charge on any atom is 0.132 e. The molecule has 0 N–H and O–H groups in total. The molecule has 0 bridgehead atoms. The lowest BCUT2D eigenvalue weighted by Crippen LogP contribution is -2.10. The van der Waals surface area contributed by atoms with Crippen molar-refractivity contribution in [1.82, 2.24) is 4.98 Å². The van der Waals surface area contributed by atoms with Crippen molar-refractivity contribution in [3.8, 4) is 16.9 Å². The van der Waals surface area contributed by atoms with Crippen LogP contribution in [0.4, 0.5) is 5.82 Å². The Kier molecular flexibility index (Phi) is 3.72. The van der Waals surface area contributed by atoms with Gasteiger partial charge in [-0.25, -0.2) is 4.98 Å². The fraction of sp³-hybridized carbons (Fsp3) is 0.214. The van der Waals surface area contributed by atoms with Gasteiger partial charge in [0.25, 0.3) is 0 Å². The number of anilines is 1. The molecule has 3 nitrogen and oxygen atoms in total. The summed E-state index contributed by atoms with van der Waals surface area (Å²) in [4.78, 5) is 6.19. The van der Waals surface area contributed by atoms with Crippen molar-refractivity contribution < 1.29 is 4.74 Å². The van der Waals surface area contributed by atoms with Gasteiger partial charge in [-0.05, 0) is 23.8 Å². The van der Waals surface area contributed by atoms with E-state index in [2.05, 4.69) is 4.98 Å². The summed E-state index contributed by atoms with van der Waals surface area (Å²) in [5, 5.41) is 0.474. The molecule has 0 aliphatic rings. The van der Waals surface area contributed by atoms with Crippen LogP contribution in [-0.4, -0.2) is 26.2 Å². The second-order valence-electron chi connectivity index (χ2n) is 4.13. The average molecular weight is 263 g/mol. The predicted octanol–water partition coefficient (Wildman–Crippen LogP) is 3.48. The predicted molar refractivity (Wildman–Crippen MR) is 75.6 cm³/mol. The highest BCUT2D eigenvalue weighted by atomic mass is 35.5. The molecule has 0 unspecified atom stereocenters. The first kappa shape index (κ1) is 12.7.